The third kappa shape index (κ3) is 17.9. The van der Waals surface area contributed by atoms with Crippen LogP contribution in [0.2, 0.25) is 0 Å². The van der Waals surface area contributed by atoms with E-state index in [-0.39, 0.29) is 43.4 Å². The van der Waals surface area contributed by atoms with Crippen LogP contribution in [-0.4, -0.2) is 23.7 Å². The van der Waals surface area contributed by atoms with E-state index in [4.69, 9.17) is 9.84 Å². The van der Waals surface area contributed by atoms with Crippen LogP contribution in [0.15, 0.2) is 0 Å². The Morgan fingerprint density at radius 1 is 0.900 bits per heavy atom. The maximum Gasteiger partial charge on any atom is 1.00 e. The van der Waals surface area contributed by atoms with Crippen molar-refractivity contribution < 1.29 is 50.4 Å². The van der Waals surface area contributed by atoms with Gasteiger partial charge in [-0.25, -0.2) is 0 Å². The van der Waals surface area contributed by atoms with Gasteiger partial charge in [0.05, 0.1) is 6.61 Å². The maximum atomic E-state index is 11.3. The Balaban J connectivity index is -0.00000162. The molecule has 0 bridgehead atoms. The summed E-state index contributed by atoms with van der Waals surface area (Å²) in [5.41, 5.74) is 0. The van der Waals surface area contributed by atoms with Crippen LogP contribution >= 0.6 is 0 Å². The minimum absolute atomic E-state index is 0. The van der Waals surface area contributed by atoms with Crippen LogP contribution in [0.1, 0.15) is 79.0 Å². The zero-order chi connectivity index (χ0) is 14.3. The molecule has 0 aromatic carbocycles. The number of esters is 1. The molecule has 0 amide bonds. The third-order valence-electron chi connectivity index (χ3n) is 3.03. The molecule has 0 saturated heterocycles. The Morgan fingerprint density at radius 3 is 2.05 bits per heavy atom. The van der Waals surface area contributed by atoms with Crippen LogP contribution in [0.25, 0.3) is 0 Å². The van der Waals surface area contributed by atoms with Crippen molar-refractivity contribution in [3.8, 4) is 0 Å². The molecule has 0 atom stereocenters. The maximum absolute atomic E-state index is 11.3. The predicted octanol–water partition coefficient (Wildman–Crippen LogP) is 1.04. The summed E-state index contributed by atoms with van der Waals surface area (Å²) in [6, 6.07) is 0. The molecule has 0 aliphatic carbocycles. The second-order valence-corrected chi connectivity index (χ2v) is 4.94. The van der Waals surface area contributed by atoms with Gasteiger partial charge in [-0.2, -0.15) is 0 Å². The molecule has 0 radical (unpaired) electrons. The summed E-state index contributed by atoms with van der Waals surface area (Å²) in [6.45, 7) is 2.71. The van der Waals surface area contributed by atoms with Gasteiger partial charge in [0.25, 0.3) is 0 Å². The number of carbonyl (C=O) groups excluding carboxylic acids is 1. The number of ether oxygens (including phenoxy) is 1. The van der Waals surface area contributed by atoms with E-state index in [9.17, 15) is 9.59 Å². The molecule has 0 aromatic heterocycles. The van der Waals surface area contributed by atoms with E-state index in [1.54, 1.807) is 0 Å². The monoisotopic (exact) mass is 296 g/mol. The van der Waals surface area contributed by atoms with Crippen LogP contribution in [0.4, 0.5) is 0 Å². The van der Waals surface area contributed by atoms with Gasteiger partial charge in [0, 0.05) is 12.8 Å². The molecule has 0 heterocycles. The minimum atomic E-state index is -0.809. The molecule has 4 nitrogen and oxygen atoms in total. The summed E-state index contributed by atoms with van der Waals surface area (Å²) >= 11 is 0. The molecule has 20 heavy (non-hydrogen) atoms. The standard InChI is InChI=1S/C15H28O4.Na.H/c1-2-3-4-5-6-7-10-13-19-15(18)12-9-8-11-14(16)17;;/h2-13H2,1H3,(H,16,17);;/q;+1;-1. The minimum Gasteiger partial charge on any atom is -1.00 e. The van der Waals surface area contributed by atoms with Crippen molar-refractivity contribution in [2.75, 3.05) is 6.61 Å². The van der Waals surface area contributed by atoms with Crippen LogP contribution in [-0.2, 0) is 14.3 Å². The summed E-state index contributed by atoms with van der Waals surface area (Å²) in [6.07, 6.45) is 10.0. The Kier molecular flexibility index (Phi) is 18.9. The summed E-state index contributed by atoms with van der Waals surface area (Å²) in [5.74, 6) is -1.01. The van der Waals surface area contributed by atoms with Gasteiger partial charge in [-0.05, 0) is 19.3 Å². The summed E-state index contributed by atoms with van der Waals surface area (Å²) in [5, 5.41) is 8.44. The zero-order valence-electron chi connectivity index (χ0n) is 14.2. The zero-order valence-corrected chi connectivity index (χ0v) is 15.2. The fraction of sp³-hybridized carbons (Fsp3) is 0.867. The second-order valence-electron chi connectivity index (χ2n) is 4.94. The Morgan fingerprint density at radius 2 is 1.45 bits per heavy atom. The Hall–Kier alpha value is -0.0600. The molecule has 0 fully saturated rings. The molecular weight excluding hydrogens is 267 g/mol. The first kappa shape index (κ1) is 22.2. The fourth-order valence-electron chi connectivity index (χ4n) is 1.86. The van der Waals surface area contributed by atoms with Gasteiger partial charge in [0.1, 0.15) is 0 Å². The Bertz CT molecular complexity index is 250. The fourth-order valence-corrected chi connectivity index (χ4v) is 1.86. The van der Waals surface area contributed by atoms with Crippen molar-refractivity contribution in [1.29, 1.82) is 0 Å². The first-order valence-corrected chi connectivity index (χ1v) is 7.54. The topological polar surface area (TPSA) is 63.6 Å². The molecule has 0 saturated carbocycles. The van der Waals surface area contributed by atoms with Crippen LogP contribution in [0.5, 0.6) is 0 Å². The van der Waals surface area contributed by atoms with Gasteiger partial charge in [-0.15, -0.1) is 0 Å². The van der Waals surface area contributed by atoms with E-state index >= 15 is 0 Å². The molecule has 5 heteroatoms. The van der Waals surface area contributed by atoms with Crippen molar-refractivity contribution in [3.05, 3.63) is 0 Å². The first-order chi connectivity index (χ1) is 9.16. The van der Waals surface area contributed by atoms with Crippen molar-refractivity contribution in [2.45, 2.75) is 77.6 Å². The van der Waals surface area contributed by atoms with Crippen molar-refractivity contribution >= 4 is 11.9 Å². The first-order valence-electron chi connectivity index (χ1n) is 7.54. The molecule has 0 aromatic rings. The molecule has 114 valence electrons. The number of unbranched alkanes of at least 4 members (excludes halogenated alkanes) is 7. The number of aliphatic carboxylic acids is 1. The Labute approximate surface area is 146 Å². The van der Waals surface area contributed by atoms with E-state index in [0.29, 0.717) is 25.9 Å². The molecule has 0 rings (SSSR count). The van der Waals surface area contributed by atoms with Crippen molar-refractivity contribution in [3.63, 3.8) is 0 Å². The third-order valence-corrected chi connectivity index (χ3v) is 3.03. The van der Waals surface area contributed by atoms with Crippen LogP contribution < -0.4 is 29.6 Å². The quantitative estimate of drug-likeness (QED) is 0.313. The number of hydrogen-bond donors (Lipinski definition) is 1. The summed E-state index contributed by atoms with van der Waals surface area (Å²) < 4.78 is 5.09. The molecular formula is C15H29NaO4. The van der Waals surface area contributed by atoms with Gasteiger partial charge in [0.2, 0.25) is 0 Å². The average Bonchev–Trinajstić information content (AvgIpc) is 2.37. The van der Waals surface area contributed by atoms with Crippen LogP contribution in [0, 0.1) is 0 Å². The molecule has 0 aliphatic rings. The van der Waals surface area contributed by atoms with Gasteiger partial charge >= 0.3 is 41.5 Å². The summed E-state index contributed by atoms with van der Waals surface area (Å²) in [7, 11) is 0. The number of rotatable bonds is 13. The average molecular weight is 296 g/mol. The van der Waals surface area contributed by atoms with E-state index < -0.39 is 5.97 Å². The number of carboxylic acid groups (broad SMARTS) is 1. The van der Waals surface area contributed by atoms with Crippen molar-refractivity contribution in [2.24, 2.45) is 0 Å². The normalized spacial score (nSPS) is 9.85. The second kappa shape index (κ2) is 17.0. The molecule has 0 unspecified atom stereocenters. The van der Waals surface area contributed by atoms with E-state index in [0.717, 1.165) is 12.8 Å². The van der Waals surface area contributed by atoms with Crippen molar-refractivity contribution in [1.82, 2.24) is 0 Å². The van der Waals surface area contributed by atoms with Gasteiger partial charge in [-0.3, -0.25) is 9.59 Å². The summed E-state index contributed by atoms with van der Waals surface area (Å²) in [4.78, 5) is 21.6. The number of carboxylic acids is 1. The SMILES string of the molecule is CCCCCCCCCOC(=O)CCCCC(=O)O.[H-].[Na+]. The molecule has 1 N–H and O–H groups in total. The van der Waals surface area contributed by atoms with E-state index in [1.165, 1.54) is 32.1 Å². The smallest absolute Gasteiger partial charge is 1.00 e. The van der Waals surface area contributed by atoms with E-state index in [2.05, 4.69) is 6.92 Å². The van der Waals surface area contributed by atoms with Gasteiger partial charge in [-0.1, -0.05) is 45.4 Å². The van der Waals surface area contributed by atoms with Gasteiger partial charge in [0.15, 0.2) is 0 Å². The molecule has 0 spiro atoms. The van der Waals surface area contributed by atoms with E-state index in [1.807, 2.05) is 0 Å². The van der Waals surface area contributed by atoms with Crippen LogP contribution in [0.3, 0.4) is 0 Å². The largest absolute Gasteiger partial charge is 1.00 e. The number of hydrogen-bond acceptors (Lipinski definition) is 3. The predicted molar refractivity (Wildman–Crippen MR) is 76.2 cm³/mol. The number of carbonyl (C=O) groups is 2. The van der Waals surface area contributed by atoms with Gasteiger partial charge < -0.3 is 11.3 Å². The molecule has 0 aliphatic heterocycles.